The molecule has 18 heavy (non-hydrogen) atoms. The molecular weight excluding hydrogens is 224 g/mol. The van der Waals surface area contributed by atoms with E-state index in [1.54, 1.807) is 0 Å². The van der Waals surface area contributed by atoms with E-state index in [4.69, 9.17) is 0 Å². The second-order valence-corrected chi connectivity index (χ2v) is 5.29. The number of rotatable bonds is 10. The highest BCUT2D eigenvalue weighted by molar-refractivity contribution is 5.05. The van der Waals surface area contributed by atoms with Crippen LogP contribution in [0.25, 0.3) is 0 Å². The second kappa shape index (κ2) is 9.32. The summed E-state index contributed by atoms with van der Waals surface area (Å²) < 4.78 is 0. The maximum absolute atomic E-state index is 9.32. The summed E-state index contributed by atoms with van der Waals surface area (Å²) in [5, 5.41) is 12.6. The normalized spacial score (nSPS) is 14.8. The molecule has 0 radical (unpaired) electrons. The van der Waals surface area contributed by atoms with Gasteiger partial charge in [0.05, 0.1) is 6.07 Å². The Morgan fingerprint density at radius 2 is 1.78 bits per heavy atom. The molecule has 1 unspecified atom stereocenters. The predicted molar refractivity (Wildman–Crippen MR) is 77.6 cm³/mol. The van der Waals surface area contributed by atoms with Crippen LogP contribution < -0.4 is 5.32 Å². The Morgan fingerprint density at radius 3 is 2.22 bits per heavy atom. The highest BCUT2D eigenvalue weighted by atomic mass is 15.1. The SMILES string of the molecule is CCNC(C#N)(CC)CCCN(C)CCN(C)C. The Hall–Kier alpha value is -0.630. The topological polar surface area (TPSA) is 42.3 Å². The Kier molecular flexibility index (Phi) is 8.99. The first-order valence-corrected chi connectivity index (χ1v) is 6.99. The summed E-state index contributed by atoms with van der Waals surface area (Å²) in [5.41, 5.74) is -0.322. The second-order valence-electron chi connectivity index (χ2n) is 5.29. The molecule has 4 heteroatoms. The molecule has 0 aromatic carbocycles. The van der Waals surface area contributed by atoms with Crippen molar-refractivity contribution in [2.24, 2.45) is 0 Å². The van der Waals surface area contributed by atoms with Crippen molar-refractivity contribution in [2.45, 2.75) is 38.6 Å². The minimum Gasteiger partial charge on any atom is -0.308 e. The minimum atomic E-state index is -0.322. The van der Waals surface area contributed by atoms with Gasteiger partial charge in [0.1, 0.15) is 5.54 Å². The van der Waals surface area contributed by atoms with Gasteiger partial charge in [0.15, 0.2) is 0 Å². The first kappa shape index (κ1) is 17.4. The van der Waals surface area contributed by atoms with Gasteiger partial charge in [-0.1, -0.05) is 13.8 Å². The molecule has 1 N–H and O–H groups in total. The third kappa shape index (κ3) is 6.95. The Balaban J connectivity index is 3.96. The van der Waals surface area contributed by atoms with E-state index in [2.05, 4.69) is 56.2 Å². The van der Waals surface area contributed by atoms with Gasteiger partial charge in [-0.25, -0.2) is 0 Å². The van der Waals surface area contributed by atoms with Gasteiger partial charge in [-0.3, -0.25) is 5.32 Å². The van der Waals surface area contributed by atoms with E-state index in [0.717, 1.165) is 45.4 Å². The summed E-state index contributed by atoms with van der Waals surface area (Å²) in [6.45, 7) is 8.23. The largest absolute Gasteiger partial charge is 0.308 e. The van der Waals surface area contributed by atoms with E-state index in [-0.39, 0.29) is 5.54 Å². The van der Waals surface area contributed by atoms with E-state index < -0.39 is 0 Å². The molecule has 0 heterocycles. The van der Waals surface area contributed by atoms with Crippen LogP contribution in [0.5, 0.6) is 0 Å². The van der Waals surface area contributed by atoms with Crippen molar-refractivity contribution in [3.05, 3.63) is 0 Å². The van der Waals surface area contributed by atoms with Crippen LogP contribution in [-0.2, 0) is 0 Å². The average Bonchev–Trinajstić information content (AvgIpc) is 2.35. The smallest absolute Gasteiger partial charge is 0.106 e. The number of nitrogens with one attached hydrogen (secondary N) is 1. The molecular formula is C14H30N4. The van der Waals surface area contributed by atoms with Gasteiger partial charge in [-0.05, 0) is 53.5 Å². The number of nitriles is 1. The van der Waals surface area contributed by atoms with Crippen molar-refractivity contribution in [1.82, 2.24) is 15.1 Å². The summed E-state index contributed by atoms with van der Waals surface area (Å²) in [6.07, 6.45) is 2.87. The summed E-state index contributed by atoms with van der Waals surface area (Å²) in [7, 11) is 6.34. The van der Waals surface area contributed by atoms with E-state index in [9.17, 15) is 5.26 Å². The van der Waals surface area contributed by atoms with Crippen LogP contribution in [-0.4, -0.2) is 62.7 Å². The van der Waals surface area contributed by atoms with Crippen LogP contribution in [0.15, 0.2) is 0 Å². The molecule has 0 aromatic rings. The molecule has 0 aliphatic heterocycles. The molecule has 0 amide bonds. The molecule has 4 nitrogen and oxygen atoms in total. The molecule has 106 valence electrons. The monoisotopic (exact) mass is 254 g/mol. The molecule has 0 aromatic heterocycles. The van der Waals surface area contributed by atoms with Gasteiger partial charge in [-0.15, -0.1) is 0 Å². The van der Waals surface area contributed by atoms with E-state index >= 15 is 0 Å². The number of nitrogens with zero attached hydrogens (tertiary/aromatic N) is 3. The Bertz CT molecular complexity index is 247. The molecule has 0 bridgehead atoms. The van der Waals surface area contributed by atoms with Crippen LogP contribution in [0.4, 0.5) is 0 Å². The summed E-state index contributed by atoms with van der Waals surface area (Å²) in [5.74, 6) is 0. The fraction of sp³-hybridized carbons (Fsp3) is 0.929. The summed E-state index contributed by atoms with van der Waals surface area (Å²) >= 11 is 0. The number of hydrogen-bond donors (Lipinski definition) is 1. The molecule has 0 aliphatic rings. The lowest BCUT2D eigenvalue weighted by molar-refractivity contribution is 0.264. The zero-order valence-electron chi connectivity index (χ0n) is 12.8. The van der Waals surface area contributed by atoms with Gasteiger partial charge < -0.3 is 9.80 Å². The van der Waals surface area contributed by atoms with Crippen molar-refractivity contribution in [1.29, 1.82) is 5.26 Å². The Labute approximate surface area is 113 Å². The van der Waals surface area contributed by atoms with Gasteiger partial charge in [0.25, 0.3) is 0 Å². The number of likely N-dealkylation sites (N-methyl/N-ethyl adjacent to an activating group) is 2. The maximum Gasteiger partial charge on any atom is 0.106 e. The molecule has 0 aliphatic carbocycles. The van der Waals surface area contributed by atoms with Gasteiger partial charge in [0, 0.05) is 13.1 Å². The predicted octanol–water partition coefficient (Wildman–Crippen LogP) is 1.54. The highest BCUT2D eigenvalue weighted by Gasteiger charge is 2.25. The lowest BCUT2D eigenvalue weighted by Crippen LogP contribution is -2.43. The summed E-state index contributed by atoms with van der Waals surface area (Å²) in [4.78, 5) is 4.53. The zero-order chi connectivity index (χ0) is 14.0. The lowest BCUT2D eigenvalue weighted by Gasteiger charge is -2.27. The summed E-state index contributed by atoms with van der Waals surface area (Å²) in [6, 6.07) is 2.45. The van der Waals surface area contributed by atoms with E-state index in [1.165, 1.54) is 0 Å². The van der Waals surface area contributed by atoms with Crippen LogP contribution in [0, 0.1) is 11.3 Å². The lowest BCUT2D eigenvalue weighted by atomic mass is 9.92. The minimum absolute atomic E-state index is 0.322. The van der Waals surface area contributed by atoms with E-state index in [1.807, 2.05) is 0 Å². The third-order valence-corrected chi connectivity index (χ3v) is 3.41. The van der Waals surface area contributed by atoms with Gasteiger partial charge >= 0.3 is 0 Å². The molecule has 0 saturated carbocycles. The Morgan fingerprint density at radius 1 is 1.11 bits per heavy atom. The van der Waals surface area contributed by atoms with Gasteiger partial charge in [-0.2, -0.15) is 5.26 Å². The third-order valence-electron chi connectivity index (χ3n) is 3.41. The van der Waals surface area contributed by atoms with E-state index in [0.29, 0.717) is 0 Å². The standard InChI is InChI=1S/C14H30N4/c1-6-14(13-15,16-7-2)9-8-10-18(5)12-11-17(3)4/h16H,6-12H2,1-5H3. The van der Waals surface area contributed by atoms with Crippen LogP contribution >= 0.6 is 0 Å². The number of hydrogen-bond acceptors (Lipinski definition) is 4. The molecule has 1 atom stereocenters. The maximum atomic E-state index is 9.32. The van der Waals surface area contributed by atoms with Crippen LogP contribution in [0.1, 0.15) is 33.1 Å². The first-order chi connectivity index (χ1) is 8.49. The molecule has 0 saturated heterocycles. The quantitative estimate of drug-likeness (QED) is 0.642. The highest BCUT2D eigenvalue weighted by Crippen LogP contribution is 2.16. The first-order valence-electron chi connectivity index (χ1n) is 6.99. The molecule has 0 fully saturated rings. The van der Waals surface area contributed by atoms with Gasteiger partial charge in [0.2, 0.25) is 0 Å². The van der Waals surface area contributed by atoms with Crippen LogP contribution in [0.2, 0.25) is 0 Å². The van der Waals surface area contributed by atoms with Crippen molar-refractivity contribution in [3.8, 4) is 6.07 Å². The average molecular weight is 254 g/mol. The fourth-order valence-electron chi connectivity index (χ4n) is 2.04. The zero-order valence-corrected chi connectivity index (χ0v) is 12.8. The molecule has 0 spiro atoms. The fourth-order valence-corrected chi connectivity index (χ4v) is 2.04. The van der Waals surface area contributed by atoms with Crippen molar-refractivity contribution >= 4 is 0 Å². The molecule has 0 rings (SSSR count). The van der Waals surface area contributed by atoms with Crippen molar-refractivity contribution in [2.75, 3.05) is 47.3 Å². The van der Waals surface area contributed by atoms with Crippen molar-refractivity contribution < 1.29 is 0 Å². The van der Waals surface area contributed by atoms with Crippen molar-refractivity contribution in [3.63, 3.8) is 0 Å². The van der Waals surface area contributed by atoms with Crippen LogP contribution in [0.3, 0.4) is 0 Å².